The van der Waals surface area contributed by atoms with Gasteiger partial charge in [-0.1, -0.05) is 23.4 Å². The van der Waals surface area contributed by atoms with Gasteiger partial charge < -0.3 is 14.2 Å². The number of carbonyl (C=O) groups is 1. The summed E-state index contributed by atoms with van der Waals surface area (Å²) in [6, 6.07) is 8.60. The van der Waals surface area contributed by atoms with Crippen LogP contribution in [-0.2, 0) is 11.3 Å². The lowest BCUT2D eigenvalue weighted by atomic mass is 10.2. The van der Waals surface area contributed by atoms with Crippen molar-refractivity contribution < 1.29 is 9.21 Å². The minimum atomic E-state index is -0.183. The van der Waals surface area contributed by atoms with Crippen LogP contribution in [0.1, 0.15) is 5.76 Å². The predicted octanol–water partition coefficient (Wildman–Crippen LogP) is 2.56. The zero-order valence-corrected chi connectivity index (χ0v) is 17.6. The van der Waals surface area contributed by atoms with E-state index in [0.29, 0.717) is 26.8 Å². The molecule has 0 N–H and O–H groups in total. The van der Waals surface area contributed by atoms with Crippen LogP contribution < -0.4 is 5.56 Å². The smallest absolute Gasteiger partial charge is 0.262 e. The van der Waals surface area contributed by atoms with Gasteiger partial charge in [0.2, 0.25) is 5.91 Å². The van der Waals surface area contributed by atoms with Crippen molar-refractivity contribution in [1.82, 2.24) is 19.4 Å². The molecule has 152 valence electrons. The molecule has 29 heavy (non-hydrogen) atoms. The molecule has 0 aliphatic carbocycles. The molecule has 1 saturated heterocycles. The van der Waals surface area contributed by atoms with Gasteiger partial charge >= 0.3 is 0 Å². The van der Waals surface area contributed by atoms with E-state index < -0.39 is 0 Å². The van der Waals surface area contributed by atoms with Crippen molar-refractivity contribution in [3.05, 3.63) is 57.7 Å². The SMILES string of the molecule is CN1CCN(C(=O)CSc2nc3cc(Cl)ccc3c(=O)n2Cc2ccco2)CC1. The van der Waals surface area contributed by atoms with Crippen LogP contribution in [-0.4, -0.2) is 64.2 Å². The summed E-state index contributed by atoms with van der Waals surface area (Å²) in [6.45, 7) is 3.42. The number of rotatable bonds is 5. The van der Waals surface area contributed by atoms with E-state index in [4.69, 9.17) is 16.0 Å². The van der Waals surface area contributed by atoms with Gasteiger partial charge in [0.1, 0.15) is 5.76 Å². The first-order valence-corrected chi connectivity index (χ1v) is 10.7. The Hall–Kier alpha value is -2.29. The zero-order valence-electron chi connectivity index (χ0n) is 16.0. The first-order chi connectivity index (χ1) is 14.0. The standard InChI is InChI=1S/C20H21ClN4O3S/c1-23-6-8-24(9-7-23)18(26)13-29-20-22-17-11-14(21)4-5-16(17)19(27)25(20)12-15-3-2-10-28-15/h2-5,10-11H,6-9,12-13H2,1H3. The van der Waals surface area contributed by atoms with E-state index in [1.54, 1.807) is 35.1 Å². The van der Waals surface area contributed by atoms with Gasteiger partial charge in [0, 0.05) is 31.2 Å². The maximum absolute atomic E-state index is 13.1. The number of likely N-dealkylation sites (N-methyl/N-ethyl adjacent to an activating group) is 1. The summed E-state index contributed by atoms with van der Waals surface area (Å²) in [5.41, 5.74) is 0.338. The summed E-state index contributed by atoms with van der Waals surface area (Å²) in [4.78, 5) is 34.4. The summed E-state index contributed by atoms with van der Waals surface area (Å²) in [6.07, 6.45) is 1.57. The number of carbonyl (C=O) groups excluding carboxylic acids is 1. The largest absolute Gasteiger partial charge is 0.467 e. The molecule has 0 saturated carbocycles. The Morgan fingerprint density at radius 2 is 2.03 bits per heavy atom. The molecule has 0 bridgehead atoms. The fourth-order valence-electron chi connectivity index (χ4n) is 3.26. The number of hydrogen-bond donors (Lipinski definition) is 0. The van der Waals surface area contributed by atoms with Gasteiger partial charge in [-0.25, -0.2) is 4.98 Å². The van der Waals surface area contributed by atoms with Gasteiger partial charge in [-0.15, -0.1) is 0 Å². The van der Waals surface area contributed by atoms with Crippen molar-refractivity contribution in [2.24, 2.45) is 0 Å². The summed E-state index contributed by atoms with van der Waals surface area (Å²) >= 11 is 7.35. The molecule has 0 spiro atoms. The Labute approximate surface area is 177 Å². The normalized spacial score (nSPS) is 15.2. The summed E-state index contributed by atoms with van der Waals surface area (Å²) < 4.78 is 6.96. The number of amides is 1. The van der Waals surface area contributed by atoms with E-state index in [9.17, 15) is 9.59 Å². The third kappa shape index (κ3) is 4.49. The lowest BCUT2D eigenvalue weighted by Crippen LogP contribution is -2.47. The van der Waals surface area contributed by atoms with Crippen molar-refractivity contribution in [3.63, 3.8) is 0 Å². The average molecular weight is 433 g/mol. The van der Waals surface area contributed by atoms with Crippen LogP contribution >= 0.6 is 23.4 Å². The van der Waals surface area contributed by atoms with Gasteiger partial charge in [-0.3, -0.25) is 14.2 Å². The molecule has 0 atom stereocenters. The Bertz CT molecular complexity index is 1080. The van der Waals surface area contributed by atoms with E-state index in [-0.39, 0.29) is 23.8 Å². The highest BCUT2D eigenvalue weighted by molar-refractivity contribution is 7.99. The molecule has 0 unspecified atom stereocenters. The number of thioether (sulfide) groups is 1. The zero-order chi connectivity index (χ0) is 20.4. The van der Waals surface area contributed by atoms with Gasteiger partial charge in [0.05, 0.1) is 29.5 Å². The molecule has 0 radical (unpaired) electrons. The number of fused-ring (bicyclic) bond motifs is 1. The van der Waals surface area contributed by atoms with Gasteiger partial charge in [-0.2, -0.15) is 0 Å². The van der Waals surface area contributed by atoms with E-state index in [0.717, 1.165) is 26.2 Å². The van der Waals surface area contributed by atoms with Crippen LogP contribution in [0.25, 0.3) is 10.9 Å². The molecule has 1 aliphatic heterocycles. The van der Waals surface area contributed by atoms with Crippen molar-refractivity contribution in [3.8, 4) is 0 Å². The fourth-order valence-corrected chi connectivity index (χ4v) is 4.32. The maximum Gasteiger partial charge on any atom is 0.262 e. The topological polar surface area (TPSA) is 71.6 Å². The lowest BCUT2D eigenvalue weighted by Gasteiger charge is -2.32. The quantitative estimate of drug-likeness (QED) is 0.456. The number of halogens is 1. The first-order valence-electron chi connectivity index (χ1n) is 9.33. The second-order valence-corrected chi connectivity index (χ2v) is 8.38. The van der Waals surface area contributed by atoms with Gasteiger partial charge in [-0.05, 0) is 37.4 Å². The highest BCUT2D eigenvalue weighted by Crippen LogP contribution is 2.22. The average Bonchev–Trinajstić information content (AvgIpc) is 3.22. The molecule has 3 heterocycles. The Kier molecular flexibility index (Phi) is 5.94. The molecule has 9 heteroatoms. The Morgan fingerprint density at radius 1 is 1.24 bits per heavy atom. The Morgan fingerprint density at radius 3 is 2.76 bits per heavy atom. The number of furan rings is 1. The van der Waals surface area contributed by atoms with Crippen LogP contribution in [0.2, 0.25) is 5.02 Å². The third-order valence-electron chi connectivity index (χ3n) is 4.96. The predicted molar refractivity (Wildman–Crippen MR) is 114 cm³/mol. The third-order valence-corrected chi connectivity index (χ3v) is 6.15. The van der Waals surface area contributed by atoms with E-state index in [1.807, 2.05) is 18.0 Å². The maximum atomic E-state index is 13.1. The number of piperazine rings is 1. The number of hydrogen-bond acceptors (Lipinski definition) is 6. The lowest BCUT2D eigenvalue weighted by molar-refractivity contribution is -0.129. The number of nitrogens with zero attached hydrogens (tertiary/aromatic N) is 4. The highest BCUT2D eigenvalue weighted by atomic mass is 35.5. The summed E-state index contributed by atoms with van der Waals surface area (Å²) in [7, 11) is 2.05. The first kappa shape index (κ1) is 20.0. The molecule has 2 aromatic heterocycles. The fraction of sp³-hybridized carbons (Fsp3) is 0.350. The second-order valence-electron chi connectivity index (χ2n) is 7.00. The van der Waals surface area contributed by atoms with E-state index >= 15 is 0 Å². The van der Waals surface area contributed by atoms with E-state index in [2.05, 4.69) is 9.88 Å². The Balaban J connectivity index is 1.62. The molecule has 4 rings (SSSR count). The molecule has 1 fully saturated rings. The monoisotopic (exact) mass is 432 g/mol. The summed E-state index contributed by atoms with van der Waals surface area (Å²) in [5.74, 6) is 0.919. The highest BCUT2D eigenvalue weighted by Gasteiger charge is 2.21. The van der Waals surface area contributed by atoms with Crippen LogP contribution in [0, 0.1) is 0 Å². The minimum Gasteiger partial charge on any atom is -0.467 e. The van der Waals surface area contributed by atoms with Crippen molar-refractivity contribution >= 4 is 40.2 Å². The molecule has 1 aliphatic rings. The number of benzene rings is 1. The molecule has 1 aromatic carbocycles. The molecule has 7 nitrogen and oxygen atoms in total. The molecular formula is C20H21ClN4O3S. The van der Waals surface area contributed by atoms with Crippen LogP contribution in [0.5, 0.6) is 0 Å². The molecule has 3 aromatic rings. The van der Waals surface area contributed by atoms with E-state index in [1.165, 1.54) is 11.8 Å². The van der Waals surface area contributed by atoms with Crippen molar-refractivity contribution in [2.45, 2.75) is 11.7 Å². The van der Waals surface area contributed by atoms with Gasteiger partial charge in [0.15, 0.2) is 5.16 Å². The molecular weight excluding hydrogens is 412 g/mol. The molecule has 1 amide bonds. The second kappa shape index (κ2) is 8.61. The summed E-state index contributed by atoms with van der Waals surface area (Å²) in [5, 5.41) is 1.47. The minimum absolute atomic E-state index is 0.0492. The van der Waals surface area contributed by atoms with Crippen molar-refractivity contribution in [1.29, 1.82) is 0 Å². The van der Waals surface area contributed by atoms with Crippen LogP contribution in [0.4, 0.5) is 0 Å². The van der Waals surface area contributed by atoms with Crippen LogP contribution in [0.3, 0.4) is 0 Å². The van der Waals surface area contributed by atoms with Crippen LogP contribution in [0.15, 0.2) is 51.0 Å². The van der Waals surface area contributed by atoms with Gasteiger partial charge in [0.25, 0.3) is 5.56 Å². The van der Waals surface area contributed by atoms with Crippen molar-refractivity contribution in [2.75, 3.05) is 39.0 Å². The number of aromatic nitrogens is 2.